The molecule has 0 amide bonds. The number of nitrogens with one attached hydrogen (secondary N) is 2. The molecule has 0 bridgehead atoms. The fourth-order valence-electron chi connectivity index (χ4n) is 1.71. The number of hydrogen-bond donors (Lipinski definition) is 3. The van der Waals surface area contributed by atoms with E-state index in [0.717, 1.165) is 18.5 Å². The van der Waals surface area contributed by atoms with E-state index in [4.69, 9.17) is 11.1 Å². The number of aromatic nitrogens is 2. The molecule has 2 rings (SSSR count). The summed E-state index contributed by atoms with van der Waals surface area (Å²) in [5.74, 6) is 0.191. The van der Waals surface area contributed by atoms with Crippen molar-refractivity contribution in [1.29, 1.82) is 5.41 Å². The number of amidine groups is 1. The van der Waals surface area contributed by atoms with E-state index in [1.165, 1.54) is 17.7 Å². The van der Waals surface area contributed by atoms with Gasteiger partial charge in [-0.1, -0.05) is 0 Å². The normalized spacial score (nSPS) is 14.7. The SMILES string of the molecule is N=C(N)Cc1n[nH]c2c1CCC2. The molecule has 0 spiro atoms. The maximum absolute atomic E-state index is 7.16. The van der Waals surface area contributed by atoms with Crippen LogP contribution in [0.1, 0.15) is 23.4 Å². The first-order valence-corrected chi connectivity index (χ1v) is 4.15. The van der Waals surface area contributed by atoms with Gasteiger partial charge in [-0.3, -0.25) is 10.5 Å². The number of hydrogen-bond acceptors (Lipinski definition) is 2. The summed E-state index contributed by atoms with van der Waals surface area (Å²) in [6.07, 6.45) is 3.88. The first-order chi connectivity index (χ1) is 5.77. The lowest BCUT2D eigenvalue weighted by atomic mass is 10.1. The minimum atomic E-state index is 0.191. The van der Waals surface area contributed by atoms with Gasteiger partial charge in [0, 0.05) is 12.1 Å². The summed E-state index contributed by atoms with van der Waals surface area (Å²) in [6, 6.07) is 0. The van der Waals surface area contributed by atoms with Gasteiger partial charge in [-0.25, -0.2) is 0 Å². The van der Waals surface area contributed by atoms with Gasteiger partial charge in [0.2, 0.25) is 0 Å². The maximum Gasteiger partial charge on any atom is 0.0966 e. The number of aryl methyl sites for hydroxylation is 1. The molecule has 0 unspecified atom stereocenters. The van der Waals surface area contributed by atoms with Gasteiger partial charge < -0.3 is 5.73 Å². The second kappa shape index (κ2) is 2.62. The maximum atomic E-state index is 7.16. The molecule has 0 aromatic carbocycles. The summed E-state index contributed by atoms with van der Waals surface area (Å²) in [5, 5.41) is 14.3. The fraction of sp³-hybridized carbons (Fsp3) is 0.500. The van der Waals surface area contributed by atoms with Gasteiger partial charge in [-0.15, -0.1) is 0 Å². The van der Waals surface area contributed by atoms with Crippen LogP contribution >= 0.6 is 0 Å². The van der Waals surface area contributed by atoms with Gasteiger partial charge >= 0.3 is 0 Å². The van der Waals surface area contributed by atoms with Gasteiger partial charge in [-0.2, -0.15) is 5.10 Å². The molecule has 1 aliphatic rings. The van der Waals surface area contributed by atoms with Crippen molar-refractivity contribution in [3.8, 4) is 0 Å². The van der Waals surface area contributed by atoms with Crippen molar-refractivity contribution in [1.82, 2.24) is 10.2 Å². The van der Waals surface area contributed by atoms with Crippen molar-refractivity contribution in [3.05, 3.63) is 17.0 Å². The average Bonchev–Trinajstić information content (AvgIpc) is 2.52. The van der Waals surface area contributed by atoms with Gasteiger partial charge in [0.05, 0.1) is 11.5 Å². The monoisotopic (exact) mass is 164 g/mol. The number of nitrogens with zero attached hydrogens (tertiary/aromatic N) is 1. The van der Waals surface area contributed by atoms with Crippen molar-refractivity contribution < 1.29 is 0 Å². The van der Waals surface area contributed by atoms with Crippen LogP contribution in [0, 0.1) is 5.41 Å². The van der Waals surface area contributed by atoms with Gasteiger partial charge in [-0.05, 0) is 24.8 Å². The van der Waals surface area contributed by atoms with E-state index in [0.29, 0.717) is 6.42 Å². The van der Waals surface area contributed by atoms with E-state index in [2.05, 4.69) is 10.2 Å². The lowest BCUT2D eigenvalue weighted by Crippen LogP contribution is -2.13. The van der Waals surface area contributed by atoms with Crippen LogP contribution < -0.4 is 5.73 Å². The van der Waals surface area contributed by atoms with Crippen molar-refractivity contribution in [2.24, 2.45) is 5.73 Å². The third-order valence-electron chi connectivity index (χ3n) is 2.25. The van der Waals surface area contributed by atoms with Crippen molar-refractivity contribution in [3.63, 3.8) is 0 Å². The zero-order valence-electron chi connectivity index (χ0n) is 6.85. The molecule has 12 heavy (non-hydrogen) atoms. The molecule has 0 aliphatic heterocycles. The first kappa shape index (κ1) is 7.34. The highest BCUT2D eigenvalue weighted by Gasteiger charge is 2.18. The van der Waals surface area contributed by atoms with Crippen LogP contribution in [0.2, 0.25) is 0 Å². The molecular formula is C8H12N4. The molecule has 64 valence electrons. The Bertz CT molecular complexity index is 313. The molecule has 0 saturated heterocycles. The summed E-state index contributed by atoms with van der Waals surface area (Å²) in [6.45, 7) is 0. The van der Waals surface area contributed by atoms with Crippen LogP contribution in [0.25, 0.3) is 0 Å². The zero-order chi connectivity index (χ0) is 8.55. The highest BCUT2D eigenvalue weighted by Crippen LogP contribution is 2.22. The Morgan fingerprint density at radius 2 is 2.42 bits per heavy atom. The summed E-state index contributed by atoms with van der Waals surface area (Å²) in [5.41, 5.74) is 8.81. The summed E-state index contributed by atoms with van der Waals surface area (Å²) >= 11 is 0. The van der Waals surface area contributed by atoms with Gasteiger partial charge in [0.15, 0.2) is 0 Å². The first-order valence-electron chi connectivity index (χ1n) is 4.15. The standard InChI is InChI=1S/C8H12N4/c9-8(10)4-7-5-2-1-3-6(5)11-12-7/h1-4H2,(H3,9,10)(H,11,12). The fourth-order valence-corrected chi connectivity index (χ4v) is 1.71. The summed E-state index contributed by atoms with van der Waals surface area (Å²) in [4.78, 5) is 0. The van der Waals surface area contributed by atoms with Crippen molar-refractivity contribution >= 4 is 5.84 Å². The number of rotatable bonds is 2. The summed E-state index contributed by atoms with van der Waals surface area (Å²) < 4.78 is 0. The Morgan fingerprint density at radius 3 is 3.17 bits per heavy atom. The predicted octanol–water partition coefficient (Wildman–Crippen LogP) is 0.377. The van der Waals surface area contributed by atoms with E-state index < -0.39 is 0 Å². The molecule has 1 aromatic heterocycles. The van der Waals surface area contributed by atoms with Crippen molar-refractivity contribution in [2.75, 3.05) is 0 Å². The quantitative estimate of drug-likeness (QED) is 0.436. The topological polar surface area (TPSA) is 78.6 Å². The molecule has 0 saturated carbocycles. The van der Waals surface area contributed by atoms with Gasteiger partial charge in [0.25, 0.3) is 0 Å². The van der Waals surface area contributed by atoms with E-state index in [9.17, 15) is 0 Å². The molecule has 4 nitrogen and oxygen atoms in total. The largest absolute Gasteiger partial charge is 0.387 e. The second-order valence-electron chi connectivity index (χ2n) is 3.18. The zero-order valence-corrected chi connectivity index (χ0v) is 6.85. The van der Waals surface area contributed by atoms with Crippen LogP contribution in [-0.4, -0.2) is 16.0 Å². The lowest BCUT2D eigenvalue weighted by molar-refractivity contribution is 0.848. The Kier molecular flexibility index (Phi) is 1.60. The molecule has 4 heteroatoms. The molecule has 1 heterocycles. The minimum Gasteiger partial charge on any atom is -0.387 e. The van der Waals surface area contributed by atoms with Crippen LogP contribution in [0.5, 0.6) is 0 Å². The van der Waals surface area contributed by atoms with E-state index in [-0.39, 0.29) is 5.84 Å². The third kappa shape index (κ3) is 1.09. The minimum absolute atomic E-state index is 0.191. The van der Waals surface area contributed by atoms with Gasteiger partial charge in [0.1, 0.15) is 0 Å². The molecule has 1 aromatic rings. The third-order valence-corrected chi connectivity index (χ3v) is 2.25. The van der Waals surface area contributed by atoms with E-state index >= 15 is 0 Å². The Balaban J connectivity index is 2.27. The molecule has 1 aliphatic carbocycles. The molecule has 0 fully saturated rings. The van der Waals surface area contributed by atoms with Crippen LogP contribution in [0.4, 0.5) is 0 Å². The number of fused-ring (bicyclic) bond motifs is 1. The molecular weight excluding hydrogens is 152 g/mol. The van der Waals surface area contributed by atoms with E-state index in [1.54, 1.807) is 0 Å². The number of nitrogens with two attached hydrogens (primary N) is 1. The predicted molar refractivity (Wildman–Crippen MR) is 46.2 cm³/mol. The molecule has 0 radical (unpaired) electrons. The van der Waals surface area contributed by atoms with Crippen LogP contribution in [0.3, 0.4) is 0 Å². The van der Waals surface area contributed by atoms with E-state index in [1.807, 2.05) is 0 Å². The highest BCUT2D eigenvalue weighted by molar-refractivity contribution is 5.79. The van der Waals surface area contributed by atoms with Crippen LogP contribution in [-0.2, 0) is 19.3 Å². The number of H-pyrrole nitrogens is 1. The second-order valence-corrected chi connectivity index (χ2v) is 3.18. The Hall–Kier alpha value is -1.32. The number of aromatic amines is 1. The highest BCUT2D eigenvalue weighted by atomic mass is 15.1. The lowest BCUT2D eigenvalue weighted by Gasteiger charge is -1.95. The molecule has 4 N–H and O–H groups in total. The van der Waals surface area contributed by atoms with Crippen molar-refractivity contribution in [2.45, 2.75) is 25.7 Å². The smallest absolute Gasteiger partial charge is 0.0966 e. The summed E-state index contributed by atoms with van der Waals surface area (Å²) in [7, 11) is 0. The Morgan fingerprint density at radius 1 is 1.58 bits per heavy atom. The van der Waals surface area contributed by atoms with Crippen LogP contribution in [0.15, 0.2) is 0 Å². The average molecular weight is 164 g/mol. The molecule has 0 atom stereocenters. The Labute approximate surface area is 70.7 Å².